The van der Waals surface area contributed by atoms with Crippen LogP contribution in [-0.4, -0.2) is 64.6 Å². The zero-order chi connectivity index (χ0) is 37.9. The Kier molecular flexibility index (Phi) is 8.42. The average molecular weight is 776 g/mol. The van der Waals surface area contributed by atoms with E-state index in [4.69, 9.17) is 33.2 Å². The number of rotatable bonds is 4. The van der Waals surface area contributed by atoms with E-state index in [1.807, 2.05) is 94.7 Å². The average Bonchev–Trinajstić information content (AvgIpc) is 4.04. The van der Waals surface area contributed by atoms with E-state index < -0.39 is 0 Å². The van der Waals surface area contributed by atoms with Crippen LogP contribution in [0.2, 0.25) is 10.3 Å². The number of H-pyrrole nitrogens is 2. The largest absolute Gasteiger partial charge is 0.340 e. The van der Waals surface area contributed by atoms with Crippen LogP contribution in [0.5, 0.6) is 0 Å². The van der Waals surface area contributed by atoms with Crippen LogP contribution < -0.4 is 0 Å². The first-order valence-electron chi connectivity index (χ1n) is 18.6. The number of carbonyl (C=O) groups excluding carboxylic acids is 2. The van der Waals surface area contributed by atoms with E-state index in [0.717, 1.165) is 92.1 Å². The fraction of sp³-hybridized carbons (Fsp3) is 0.182. The zero-order valence-corrected chi connectivity index (χ0v) is 31.4. The Morgan fingerprint density at radius 1 is 0.589 bits per heavy atom. The molecule has 0 radical (unpaired) electrons. The fourth-order valence-electron chi connectivity index (χ4n) is 8.19. The van der Waals surface area contributed by atoms with Crippen molar-refractivity contribution in [3.63, 3.8) is 0 Å². The molecule has 10 rings (SSSR count). The molecule has 4 aromatic heterocycles. The summed E-state index contributed by atoms with van der Waals surface area (Å²) in [5.74, 6) is 7.77. The van der Waals surface area contributed by atoms with Gasteiger partial charge in [0, 0.05) is 35.0 Å². The summed E-state index contributed by atoms with van der Waals surface area (Å²) in [7, 11) is 0. The summed E-state index contributed by atoms with van der Waals surface area (Å²) < 4.78 is 0. The second-order valence-corrected chi connectivity index (χ2v) is 15.1. The number of aromatic nitrogens is 6. The second kappa shape index (κ2) is 13.8. The van der Waals surface area contributed by atoms with E-state index in [1.165, 1.54) is 0 Å². The van der Waals surface area contributed by atoms with Crippen LogP contribution >= 0.6 is 23.2 Å². The maximum Gasteiger partial charge on any atom is 0.273 e. The van der Waals surface area contributed by atoms with Gasteiger partial charge in [0.05, 0.1) is 34.2 Å². The van der Waals surface area contributed by atoms with Crippen LogP contribution in [0.25, 0.3) is 43.6 Å². The van der Waals surface area contributed by atoms with Crippen molar-refractivity contribution in [2.24, 2.45) is 0 Å². The van der Waals surface area contributed by atoms with Gasteiger partial charge in [-0.2, -0.15) is 0 Å². The van der Waals surface area contributed by atoms with E-state index >= 15 is 0 Å². The third kappa shape index (κ3) is 6.10. The first kappa shape index (κ1) is 34.2. The molecule has 2 fully saturated rings. The van der Waals surface area contributed by atoms with Gasteiger partial charge in [0.1, 0.15) is 33.3 Å². The van der Waals surface area contributed by atoms with Gasteiger partial charge in [0.2, 0.25) is 0 Å². The third-order valence-electron chi connectivity index (χ3n) is 10.8. The quantitative estimate of drug-likeness (QED) is 0.136. The maximum absolute atomic E-state index is 13.9. The van der Waals surface area contributed by atoms with Crippen LogP contribution in [0.4, 0.5) is 0 Å². The minimum Gasteiger partial charge on any atom is -0.340 e. The summed E-state index contributed by atoms with van der Waals surface area (Å²) in [5.41, 5.74) is 5.68. The minimum atomic E-state index is -0.210. The highest BCUT2D eigenvalue weighted by molar-refractivity contribution is 6.31. The van der Waals surface area contributed by atoms with Crippen molar-refractivity contribution in [1.29, 1.82) is 0 Å². The first-order chi connectivity index (χ1) is 27.4. The van der Waals surface area contributed by atoms with Crippen molar-refractivity contribution >= 4 is 78.6 Å². The summed E-state index contributed by atoms with van der Waals surface area (Å²) in [6, 6.07) is 30.3. The van der Waals surface area contributed by atoms with Crippen molar-refractivity contribution in [2.75, 3.05) is 13.1 Å². The topological polar surface area (TPSA) is 124 Å². The van der Waals surface area contributed by atoms with Crippen molar-refractivity contribution in [3.8, 4) is 11.8 Å². The maximum atomic E-state index is 13.9. The molecule has 0 saturated carbocycles. The number of fused-ring (bicyclic) bond motifs is 4. The highest BCUT2D eigenvalue weighted by atomic mass is 35.5. The first-order valence-corrected chi connectivity index (χ1v) is 19.4. The minimum absolute atomic E-state index is 0.155. The predicted octanol–water partition coefficient (Wildman–Crippen LogP) is 9.20. The number of amides is 2. The lowest BCUT2D eigenvalue weighted by atomic mass is 10.1. The van der Waals surface area contributed by atoms with Gasteiger partial charge in [-0.1, -0.05) is 83.6 Å². The van der Waals surface area contributed by atoms with Crippen LogP contribution in [0.1, 0.15) is 81.5 Å². The number of nitrogens with one attached hydrogen (secondary N) is 2. The molecule has 2 atom stereocenters. The number of benzene rings is 4. The Bertz CT molecular complexity index is 2770. The zero-order valence-electron chi connectivity index (χ0n) is 29.9. The van der Waals surface area contributed by atoms with E-state index in [1.54, 1.807) is 12.1 Å². The molecule has 0 bridgehead atoms. The number of aromatic amines is 2. The van der Waals surface area contributed by atoms with E-state index in [9.17, 15) is 9.59 Å². The van der Waals surface area contributed by atoms with Gasteiger partial charge in [0.15, 0.2) is 0 Å². The standard InChI is InChI=1S/C44H32Cl2N8O2/c45-37-23-27-7-1-3-9-29(27)39(51-37)43(55)53-19-5-11-35(53)41-47-31-17-15-25(21-33(31)49-41)13-14-26-16-18-32-34(22-26)50-42(48-32)36-12-6-20-54(36)44(56)40-30-10-4-2-8-28(30)24-38(46)52-40/h1-4,7-10,15-18,21-24,35-36H,5-6,11-12,19-20H2,(H,47,49)(H,48,50)/t35-,36-/m0/s1. The number of hydrogen-bond acceptors (Lipinski definition) is 6. The van der Waals surface area contributed by atoms with Crippen LogP contribution in [0, 0.1) is 11.8 Å². The Hall–Kier alpha value is -6.28. The van der Waals surface area contributed by atoms with Gasteiger partial charge in [-0.15, -0.1) is 0 Å². The Balaban J connectivity index is 0.881. The smallest absolute Gasteiger partial charge is 0.273 e. The normalized spacial score (nSPS) is 17.0. The number of nitrogens with zero attached hydrogens (tertiary/aromatic N) is 6. The summed E-state index contributed by atoms with van der Waals surface area (Å²) in [6.07, 6.45) is 3.30. The van der Waals surface area contributed by atoms with Gasteiger partial charge < -0.3 is 19.8 Å². The molecule has 0 spiro atoms. The number of likely N-dealkylation sites (tertiary alicyclic amines) is 2. The van der Waals surface area contributed by atoms with Gasteiger partial charge in [-0.05, 0) is 85.0 Å². The number of imidazole rings is 2. The van der Waals surface area contributed by atoms with Crippen LogP contribution in [-0.2, 0) is 0 Å². The molecule has 8 aromatic rings. The number of pyridine rings is 2. The van der Waals surface area contributed by atoms with Crippen molar-refractivity contribution in [2.45, 2.75) is 37.8 Å². The molecule has 2 aliphatic heterocycles. The molecule has 2 N–H and O–H groups in total. The van der Waals surface area contributed by atoms with Gasteiger partial charge in [-0.25, -0.2) is 19.9 Å². The van der Waals surface area contributed by atoms with Crippen molar-refractivity contribution in [3.05, 3.63) is 142 Å². The molecule has 12 heteroatoms. The summed E-state index contributed by atoms with van der Waals surface area (Å²) >= 11 is 12.7. The van der Waals surface area contributed by atoms with Crippen LogP contribution in [0.15, 0.2) is 97.1 Å². The molecule has 4 aromatic carbocycles. The summed E-state index contributed by atoms with van der Waals surface area (Å²) in [4.78, 5) is 57.1. The van der Waals surface area contributed by atoms with Crippen molar-refractivity contribution < 1.29 is 9.59 Å². The Morgan fingerprint density at radius 2 is 1.04 bits per heavy atom. The number of hydrogen-bond donors (Lipinski definition) is 2. The lowest BCUT2D eigenvalue weighted by Crippen LogP contribution is -2.32. The monoisotopic (exact) mass is 774 g/mol. The molecule has 56 heavy (non-hydrogen) atoms. The molecular formula is C44H32Cl2N8O2. The highest BCUT2D eigenvalue weighted by Gasteiger charge is 2.35. The molecule has 0 aliphatic carbocycles. The summed E-state index contributed by atoms with van der Waals surface area (Å²) in [5, 5.41) is 3.90. The molecule has 2 aliphatic rings. The SMILES string of the molecule is O=C(c1nc(Cl)cc2ccccc12)N1CCC[C@H]1c1nc2ccc(C#Cc3ccc4nc([C@@H]5CCCN5C(=O)c5nc(Cl)cc6ccccc56)[nH]c4c3)cc2[nH]1. The Morgan fingerprint density at radius 3 is 1.50 bits per heavy atom. The van der Waals surface area contributed by atoms with Gasteiger partial charge in [0.25, 0.3) is 11.8 Å². The van der Waals surface area contributed by atoms with Crippen molar-refractivity contribution in [1.82, 2.24) is 39.7 Å². The molecule has 0 unspecified atom stereocenters. The van der Waals surface area contributed by atoms with Gasteiger partial charge >= 0.3 is 0 Å². The molecule has 2 saturated heterocycles. The van der Waals surface area contributed by atoms with Crippen LogP contribution in [0.3, 0.4) is 0 Å². The van der Waals surface area contributed by atoms with E-state index in [0.29, 0.717) is 34.8 Å². The fourth-order valence-corrected chi connectivity index (χ4v) is 8.60. The molecule has 6 heterocycles. The lowest BCUT2D eigenvalue weighted by Gasteiger charge is -2.23. The molecule has 2 amide bonds. The number of carbonyl (C=O) groups is 2. The molecule has 274 valence electrons. The van der Waals surface area contributed by atoms with E-state index in [2.05, 4.69) is 31.8 Å². The van der Waals surface area contributed by atoms with E-state index in [-0.39, 0.29) is 23.9 Å². The highest BCUT2D eigenvalue weighted by Crippen LogP contribution is 2.36. The predicted molar refractivity (Wildman–Crippen MR) is 218 cm³/mol. The van der Waals surface area contributed by atoms with Gasteiger partial charge in [-0.3, -0.25) is 9.59 Å². The molecular weight excluding hydrogens is 743 g/mol. The number of halogens is 2. The Labute approximate surface area is 330 Å². The summed E-state index contributed by atoms with van der Waals surface area (Å²) in [6.45, 7) is 1.22. The lowest BCUT2D eigenvalue weighted by molar-refractivity contribution is 0.0719. The third-order valence-corrected chi connectivity index (χ3v) is 11.2. The second-order valence-electron chi connectivity index (χ2n) is 14.3. The molecule has 10 nitrogen and oxygen atoms in total.